The third-order valence-corrected chi connectivity index (χ3v) is 4.37. The third kappa shape index (κ3) is 2.51. The van der Waals surface area contributed by atoms with Gasteiger partial charge in [-0.25, -0.2) is 4.98 Å². The van der Waals surface area contributed by atoms with Gasteiger partial charge in [0.25, 0.3) is 0 Å². The van der Waals surface area contributed by atoms with E-state index in [1.807, 2.05) is 55.5 Å². The summed E-state index contributed by atoms with van der Waals surface area (Å²) in [5.41, 5.74) is 1.80. The second-order valence-electron chi connectivity index (χ2n) is 4.42. The highest BCUT2D eigenvalue weighted by atomic mass is 79.9. The molecule has 2 aromatic carbocycles. The number of benzene rings is 2. The van der Waals surface area contributed by atoms with Crippen LogP contribution in [0, 0.1) is 6.92 Å². The first-order valence-electron chi connectivity index (χ1n) is 6.13. The van der Waals surface area contributed by atoms with E-state index in [1.165, 1.54) is 0 Å². The molecule has 1 heterocycles. The zero-order valence-corrected chi connectivity index (χ0v) is 13.1. The summed E-state index contributed by atoms with van der Waals surface area (Å²) in [6.07, 6.45) is 0. The van der Waals surface area contributed by atoms with Gasteiger partial charge in [0, 0.05) is 5.39 Å². The quantitative estimate of drug-likeness (QED) is 0.588. The Morgan fingerprint density at radius 2 is 1.85 bits per heavy atom. The van der Waals surface area contributed by atoms with E-state index >= 15 is 0 Å². The number of nitrogens with zero attached hydrogens (tertiary/aromatic N) is 1. The molecule has 0 fully saturated rings. The molecule has 0 unspecified atom stereocenters. The number of para-hydroxylation sites is 1. The number of fused-ring (bicyclic) bond motifs is 1. The fourth-order valence-electron chi connectivity index (χ4n) is 1.98. The van der Waals surface area contributed by atoms with E-state index in [0.717, 1.165) is 26.8 Å². The minimum absolute atomic E-state index is 0.619. The van der Waals surface area contributed by atoms with E-state index in [0.29, 0.717) is 10.8 Å². The van der Waals surface area contributed by atoms with Crippen LogP contribution in [0.1, 0.15) is 5.69 Å². The van der Waals surface area contributed by atoms with Crippen LogP contribution in [0.3, 0.4) is 0 Å². The Labute approximate surface area is 130 Å². The molecule has 0 N–H and O–H groups in total. The summed E-state index contributed by atoms with van der Waals surface area (Å²) < 4.78 is 6.68. The standard InChI is InChI=1S/C16H11BrClNO/c1-10-15(9-11-5-2-3-7-13(11)19-10)20-14-8-4-6-12(18)16(14)17/h2-9H,1H3. The van der Waals surface area contributed by atoms with Gasteiger partial charge in [-0.15, -0.1) is 0 Å². The lowest BCUT2D eigenvalue weighted by Crippen LogP contribution is -1.92. The average Bonchev–Trinajstić information content (AvgIpc) is 2.44. The summed E-state index contributed by atoms with van der Waals surface area (Å²) in [4.78, 5) is 4.55. The Morgan fingerprint density at radius 3 is 2.70 bits per heavy atom. The summed E-state index contributed by atoms with van der Waals surface area (Å²) in [7, 11) is 0. The lowest BCUT2D eigenvalue weighted by atomic mass is 10.2. The average molecular weight is 349 g/mol. The van der Waals surface area contributed by atoms with Gasteiger partial charge >= 0.3 is 0 Å². The van der Waals surface area contributed by atoms with Crippen LogP contribution in [0.4, 0.5) is 0 Å². The summed E-state index contributed by atoms with van der Waals surface area (Å²) >= 11 is 9.51. The van der Waals surface area contributed by atoms with Gasteiger partial charge in [-0.2, -0.15) is 0 Å². The number of hydrogen-bond donors (Lipinski definition) is 0. The van der Waals surface area contributed by atoms with Crippen LogP contribution < -0.4 is 4.74 Å². The molecule has 0 atom stereocenters. The Bertz CT molecular complexity index is 789. The highest BCUT2D eigenvalue weighted by molar-refractivity contribution is 9.10. The number of aryl methyl sites for hydroxylation is 1. The zero-order valence-electron chi connectivity index (χ0n) is 10.7. The second kappa shape index (κ2) is 5.43. The van der Waals surface area contributed by atoms with E-state index in [-0.39, 0.29) is 0 Å². The smallest absolute Gasteiger partial charge is 0.149 e. The van der Waals surface area contributed by atoms with E-state index < -0.39 is 0 Å². The molecule has 0 aliphatic carbocycles. The van der Waals surface area contributed by atoms with Gasteiger partial charge in [0.05, 0.1) is 20.7 Å². The maximum Gasteiger partial charge on any atom is 0.149 e. The predicted octanol–water partition coefficient (Wildman–Crippen LogP) is 5.75. The Hall–Kier alpha value is -1.58. The SMILES string of the molecule is Cc1nc2ccccc2cc1Oc1cccc(Cl)c1Br. The van der Waals surface area contributed by atoms with Crippen LogP contribution in [0.2, 0.25) is 5.02 Å². The number of halogens is 2. The molecule has 0 bridgehead atoms. The van der Waals surface area contributed by atoms with Crippen molar-refractivity contribution in [2.75, 3.05) is 0 Å². The second-order valence-corrected chi connectivity index (χ2v) is 5.62. The van der Waals surface area contributed by atoms with Gasteiger partial charge in [0.2, 0.25) is 0 Å². The summed E-state index contributed by atoms with van der Waals surface area (Å²) in [5, 5.41) is 1.67. The minimum atomic E-state index is 0.619. The molecule has 0 saturated heterocycles. The van der Waals surface area contributed by atoms with Crippen LogP contribution in [0.5, 0.6) is 11.5 Å². The van der Waals surface area contributed by atoms with E-state index in [4.69, 9.17) is 16.3 Å². The van der Waals surface area contributed by atoms with Crippen molar-refractivity contribution in [2.45, 2.75) is 6.92 Å². The number of hydrogen-bond acceptors (Lipinski definition) is 2. The highest BCUT2D eigenvalue weighted by Crippen LogP contribution is 2.36. The van der Waals surface area contributed by atoms with Crippen LogP contribution in [-0.4, -0.2) is 4.98 Å². The molecule has 0 aliphatic heterocycles. The van der Waals surface area contributed by atoms with Crippen molar-refractivity contribution in [3.05, 3.63) is 63.7 Å². The first kappa shape index (κ1) is 13.4. The van der Waals surface area contributed by atoms with Gasteiger partial charge in [-0.05, 0) is 47.1 Å². The number of aromatic nitrogens is 1. The maximum absolute atomic E-state index is 6.07. The van der Waals surface area contributed by atoms with Crippen LogP contribution in [-0.2, 0) is 0 Å². The molecule has 3 aromatic rings. The Morgan fingerprint density at radius 1 is 1.05 bits per heavy atom. The van der Waals surface area contributed by atoms with Crippen LogP contribution >= 0.6 is 27.5 Å². The number of pyridine rings is 1. The van der Waals surface area contributed by atoms with Crippen molar-refractivity contribution < 1.29 is 4.74 Å². The van der Waals surface area contributed by atoms with Crippen molar-refractivity contribution >= 4 is 38.4 Å². The van der Waals surface area contributed by atoms with Crippen LogP contribution in [0.25, 0.3) is 10.9 Å². The first-order chi connectivity index (χ1) is 9.65. The van der Waals surface area contributed by atoms with Gasteiger partial charge < -0.3 is 4.74 Å². The van der Waals surface area contributed by atoms with Crippen molar-refractivity contribution in [3.8, 4) is 11.5 Å². The van der Waals surface area contributed by atoms with Crippen molar-refractivity contribution in [1.29, 1.82) is 0 Å². The van der Waals surface area contributed by atoms with Crippen LogP contribution in [0.15, 0.2) is 53.0 Å². The van der Waals surface area contributed by atoms with E-state index in [1.54, 1.807) is 0 Å². The first-order valence-corrected chi connectivity index (χ1v) is 7.30. The molecule has 100 valence electrons. The molecule has 4 heteroatoms. The fourth-order valence-corrected chi connectivity index (χ4v) is 2.49. The molecule has 0 aliphatic rings. The van der Waals surface area contributed by atoms with E-state index in [2.05, 4.69) is 20.9 Å². The van der Waals surface area contributed by atoms with Gasteiger partial charge in [0.1, 0.15) is 11.5 Å². The molecular weight excluding hydrogens is 338 g/mol. The predicted molar refractivity (Wildman–Crippen MR) is 85.7 cm³/mol. The summed E-state index contributed by atoms with van der Waals surface area (Å²) in [6, 6.07) is 15.5. The minimum Gasteiger partial charge on any atom is -0.454 e. The van der Waals surface area contributed by atoms with Gasteiger partial charge in [-0.1, -0.05) is 35.9 Å². The van der Waals surface area contributed by atoms with E-state index in [9.17, 15) is 0 Å². The number of ether oxygens (including phenoxy) is 1. The van der Waals surface area contributed by atoms with Gasteiger partial charge in [-0.3, -0.25) is 0 Å². The monoisotopic (exact) mass is 347 g/mol. The largest absolute Gasteiger partial charge is 0.454 e. The lowest BCUT2D eigenvalue weighted by Gasteiger charge is -2.11. The molecular formula is C16H11BrClNO. The fraction of sp³-hybridized carbons (Fsp3) is 0.0625. The molecule has 20 heavy (non-hydrogen) atoms. The molecule has 0 radical (unpaired) electrons. The Kier molecular flexibility index (Phi) is 3.64. The highest BCUT2D eigenvalue weighted by Gasteiger charge is 2.09. The normalized spacial score (nSPS) is 10.8. The van der Waals surface area contributed by atoms with Crippen molar-refractivity contribution in [3.63, 3.8) is 0 Å². The molecule has 0 saturated carbocycles. The molecule has 3 rings (SSSR count). The number of rotatable bonds is 2. The molecule has 2 nitrogen and oxygen atoms in total. The van der Waals surface area contributed by atoms with Gasteiger partial charge in [0.15, 0.2) is 0 Å². The van der Waals surface area contributed by atoms with Crippen molar-refractivity contribution in [1.82, 2.24) is 4.98 Å². The van der Waals surface area contributed by atoms with Crippen molar-refractivity contribution in [2.24, 2.45) is 0 Å². The zero-order chi connectivity index (χ0) is 14.1. The molecule has 0 amide bonds. The lowest BCUT2D eigenvalue weighted by molar-refractivity contribution is 0.474. The summed E-state index contributed by atoms with van der Waals surface area (Å²) in [6.45, 7) is 1.93. The molecule has 0 spiro atoms. The Balaban J connectivity index is 2.06. The summed E-state index contributed by atoms with van der Waals surface area (Å²) in [5.74, 6) is 1.41. The molecule has 1 aromatic heterocycles. The maximum atomic E-state index is 6.07. The third-order valence-electron chi connectivity index (χ3n) is 3.00. The topological polar surface area (TPSA) is 22.1 Å².